The van der Waals surface area contributed by atoms with Gasteiger partial charge in [-0.25, -0.2) is 9.59 Å². The molecule has 2 aromatic rings. The van der Waals surface area contributed by atoms with Gasteiger partial charge in [-0.15, -0.1) is 0 Å². The van der Waals surface area contributed by atoms with Crippen molar-refractivity contribution in [3.8, 4) is 11.1 Å². The average Bonchev–Trinajstić information content (AvgIpc) is 3.27. The highest BCUT2D eigenvalue weighted by Gasteiger charge is 2.31. The van der Waals surface area contributed by atoms with E-state index in [9.17, 15) is 14.7 Å². The van der Waals surface area contributed by atoms with Gasteiger partial charge in [-0.3, -0.25) is 0 Å². The lowest BCUT2D eigenvalue weighted by Gasteiger charge is -2.19. The predicted octanol–water partition coefficient (Wildman–Crippen LogP) is 3.87. The predicted molar refractivity (Wildman–Crippen MR) is 110 cm³/mol. The van der Waals surface area contributed by atoms with E-state index >= 15 is 0 Å². The molecule has 0 bridgehead atoms. The summed E-state index contributed by atoms with van der Waals surface area (Å²) in [6.07, 6.45) is -0.606. The van der Waals surface area contributed by atoms with Crippen molar-refractivity contribution in [3.05, 3.63) is 59.7 Å². The minimum Gasteiger partial charge on any atom is -0.480 e. The van der Waals surface area contributed by atoms with Crippen molar-refractivity contribution >= 4 is 32.6 Å². The fourth-order valence-corrected chi connectivity index (χ4v) is 4.23. The summed E-state index contributed by atoms with van der Waals surface area (Å²) in [7, 11) is 0. The molecular weight excluding hydrogens is 440 g/mol. The molecule has 0 unspecified atom stereocenters. The first kappa shape index (κ1) is 19.4. The Balaban J connectivity index is 1.39. The van der Waals surface area contributed by atoms with E-state index in [0.29, 0.717) is 11.0 Å². The van der Waals surface area contributed by atoms with Gasteiger partial charge in [0.25, 0.3) is 0 Å². The molecule has 0 radical (unpaired) electrons. The van der Waals surface area contributed by atoms with Crippen molar-refractivity contribution in [1.29, 1.82) is 0 Å². The molecule has 0 aromatic heterocycles. The number of hydrogen-bond acceptors (Lipinski definition) is 5. The number of oxime groups is 1. The van der Waals surface area contributed by atoms with E-state index in [0.717, 1.165) is 22.3 Å². The molecule has 0 spiro atoms. The first-order chi connectivity index (χ1) is 14.0. The number of ether oxygens (including phenoxy) is 1. The quantitative estimate of drug-likeness (QED) is 0.684. The number of carbonyl (C=O) groups excluding carboxylic acids is 1. The van der Waals surface area contributed by atoms with Gasteiger partial charge in [-0.2, -0.15) is 0 Å². The third kappa shape index (κ3) is 4.12. The number of alkyl carbamates (subject to hydrolysis) is 1. The highest BCUT2D eigenvalue weighted by atomic mass is 79.9. The van der Waals surface area contributed by atoms with Crippen LogP contribution in [0.5, 0.6) is 0 Å². The van der Waals surface area contributed by atoms with Gasteiger partial charge in [0.05, 0.1) is 0 Å². The Morgan fingerprint density at radius 1 is 1.17 bits per heavy atom. The summed E-state index contributed by atoms with van der Waals surface area (Å²) in [6.45, 7) is 0.126. The largest absolute Gasteiger partial charge is 0.480 e. The van der Waals surface area contributed by atoms with Crippen LogP contribution in [0.1, 0.15) is 29.9 Å². The van der Waals surface area contributed by atoms with Crippen molar-refractivity contribution < 1.29 is 24.3 Å². The van der Waals surface area contributed by atoms with Crippen LogP contribution in [0.25, 0.3) is 11.1 Å². The molecule has 29 heavy (non-hydrogen) atoms. The van der Waals surface area contributed by atoms with E-state index in [4.69, 9.17) is 9.57 Å². The van der Waals surface area contributed by atoms with Crippen LogP contribution >= 0.6 is 15.9 Å². The third-order valence-corrected chi connectivity index (χ3v) is 5.60. The number of carbonyl (C=O) groups is 2. The molecule has 0 saturated carbocycles. The zero-order chi connectivity index (χ0) is 20.4. The van der Waals surface area contributed by atoms with Gasteiger partial charge in [0.2, 0.25) is 0 Å². The topological polar surface area (TPSA) is 97.2 Å². The number of carboxylic acids is 1. The van der Waals surface area contributed by atoms with E-state index in [1.54, 1.807) is 0 Å². The maximum Gasteiger partial charge on any atom is 0.407 e. The Labute approximate surface area is 175 Å². The third-order valence-electron chi connectivity index (χ3n) is 5.13. The molecule has 1 amide bonds. The zero-order valence-corrected chi connectivity index (χ0v) is 17.0. The summed E-state index contributed by atoms with van der Waals surface area (Å²) in [5.41, 5.74) is 4.45. The lowest BCUT2D eigenvalue weighted by atomic mass is 9.98. The normalized spacial score (nSPS) is 18.2. The highest BCUT2D eigenvalue weighted by Crippen LogP contribution is 2.44. The van der Waals surface area contributed by atoms with Crippen LogP contribution in [-0.4, -0.2) is 40.5 Å². The Kier molecular flexibility index (Phi) is 5.53. The van der Waals surface area contributed by atoms with Gasteiger partial charge >= 0.3 is 12.1 Å². The van der Waals surface area contributed by atoms with E-state index in [-0.39, 0.29) is 18.9 Å². The number of amides is 1. The molecular formula is C21H19BrN2O5. The summed E-state index contributed by atoms with van der Waals surface area (Å²) < 4.78 is 6.03. The number of nitrogens with zero attached hydrogens (tertiary/aromatic N) is 1. The van der Waals surface area contributed by atoms with Crippen LogP contribution in [0.2, 0.25) is 0 Å². The number of hydrogen-bond donors (Lipinski definition) is 2. The summed E-state index contributed by atoms with van der Waals surface area (Å²) in [5.74, 6) is -1.23. The molecule has 1 heterocycles. The molecule has 4 rings (SSSR count). The highest BCUT2D eigenvalue weighted by molar-refractivity contribution is 9.18. The molecule has 2 aliphatic rings. The van der Waals surface area contributed by atoms with Crippen molar-refractivity contribution in [3.63, 3.8) is 0 Å². The maximum atomic E-state index is 12.3. The Morgan fingerprint density at radius 2 is 1.79 bits per heavy atom. The number of carboxylic acid groups (broad SMARTS) is 1. The summed E-state index contributed by atoms with van der Waals surface area (Å²) in [6, 6.07) is 14.9. The molecule has 0 fully saturated rings. The lowest BCUT2D eigenvalue weighted by molar-refractivity contribution is -0.140. The van der Waals surface area contributed by atoms with Crippen LogP contribution in [0, 0.1) is 0 Å². The minimum atomic E-state index is -1.15. The van der Waals surface area contributed by atoms with Crippen LogP contribution in [0.4, 0.5) is 4.79 Å². The van der Waals surface area contributed by atoms with Crippen LogP contribution in [-0.2, 0) is 14.4 Å². The summed E-state index contributed by atoms with van der Waals surface area (Å²) in [4.78, 5) is 29.0. The van der Waals surface area contributed by atoms with Gasteiger partial charge in [0.15, 0.2) is 0 Å². The second-order valence-corrected chi connectivity index (χ2v) is 7.91. The molecule has 8 heteroatoms. The van der Waals surface area contributed by atoms with Crippen LogP contribution in [0.3, 0.4) is 0 Å². The van der Waals surface area contributed by atoms with Gasteiger partial charge in [-0.1, -0.05) is 53.7 Å². The van der Waals surface area contributed by atoms with Crippen molar-refractivity contribution in [2.45, 2.75) is 30.9 Å². The Bertz CT molecular complexity index is 932. The first-order valence-corrected chi connectivity index (χ1v) is 10.0. The van der Waals surface area contributed by atoms with E-state index < -0.39 is 24.2 Å². The van der Waals surface area contributed by atoms with E-state index in [1.165, 1.54) is 0 Å². The second-order valence-electron chi connectivity index (χ2n) is 7.00. The average molecular weight is 459 g/mol. The number of halogens is 1. The lowest BCUT2D eigenvalue weighted by Crippen LogP contribution is -2.43. The van der Waals surface area contributed by atoms with Crippen LogP contribution < -0.4 is 5.32 Å². The van der Waals surface area contributed by atoms with Crippen molar-refractivity contribution in [1.82, 2.24) is 5.32 Å². The molecule has 2 aromatic carbocycles. The minimum absolute atomic E-state index is 0.0843. The molecule has 1 aliphatic heterocycles. The number of rotatable bonds is 6. The van der Waals surface area contributed by atoms with Crippen LogP contribution in [0.15, 0.2) is 53.7 Å². The summed E-state index contributed by atoms with van der Waals surface area (Å²) in [5, 5.41) is 15.6. The number of benzene rings is 2. The van der Waals surface area contributed by atoms with E-state index in [1.807, 2.05) is 36.4 Å². The SMILES string of the molecule is O=C(N[C@H](C[C@H]1CC(Br)=NO1)C(=O)O)OCC1c2ccccc2-c2ccccc21. The molecule has 2 N–H and O–H groups in total. The first-order valence-electron chi connectivity index (χ1n) is 9.25. The molecule has 0 saturated heterocycles. The van der Waals surface area contributed by atoms with Crippen molar-refractivity contribution in [2.24, 2.45) is 5.16 Å². The zero-order valence-electron chi connectivity index (χ0n) is 15.4. The Morgan fingerprint density at radius 3 is 2.34 bits per heavy atom. The molecule has 2 atom stereocenters. The standard InChI is InChI=1S/C21H19BrN2O5/c22-19-10-12(29-24-19)9-18(20(25)26)23-21(27)28-11-17-15-7-3-1-5-13(15)14-6-2-4-8-16(14)17/h1-8,12,17-18H,9-11H2,(H,23,27)(H,25,26)/t12-,18+/m0/s1. The van der Waals surface area contributed by atoms with Crippen molar-refractivity contribution in [2.75, 3.05) is 6.61 Å². The molecule has 7 nitrogen and oxygen atoms in total. The number of nitrogens with one attached hydrogen (secondary N) is 1. The monoisotopic (exact) mass is 458 g/mol. The fourth-order valence-electron chi connectivity index (χ4n) is 3.79. The Hall–Kier alpha value is -2.87. The summed E-state index contributed by atoms with van der Waals surface area (Å²) >= 11 is 3.21. The molecule has 150 valence electrons. The second kappa shape index (κ2) is 8.24. The smallest absolute Gasteiger partial charge is 0.407 e. The number of fused-ring (bicyclic) bond motifs is 3. The fraction of sp³-hybridized carbons (Fsp3) is 0.286. The van der Waals surface area contributed by atoms with E-state index in [2.05, 4.69) is 38.5 Å². The van der Waals surface area contributed by atoms with Gasteiger partial charge in [0.1, 0.15) is 23.4 Å². The van der Waals surface area contributed by atoms with Gasteiger partial charge in [-0.05, 0) is 38.2 Å². The number of aliphatic carboxylic acids is 1. The molecule has 1 aliphatic carbocycles. The van der Waals surface area contributed by atoms with Gasteiger partial charge < -0.3 is 20.0 Å². The van der Waals surface area contributed by atoms with Gasteiger partial charge in [0, 0.05) is 18.8 Å². The maximum absolute atomic E-state index is 12.3.